The Balaban J connectivity index is 2.81. The Bertz CT molecular complexity index is 422. The number of nitrogens with zero attached hydrogens (tertiary/aromatic N) is 1. The third-order valence-corrected chi connectivity index (χ3v) is 6.38. The largest absolute Gasteiger partial charge is 0.309 e. The summed E-state index contributed by atoms with van der Waals surface area (Å²) >= 11 is 0. The van der Waals surface area contributed by atoms with E-state index in [1.807, 2.05) is 0 Å². The van der Waals surface area contributed by atoms with Crippen LogP contribution >= 0.6 is 0 Å². The maximum absolute atomic E-state index is 12.0. The van der Waals surface area contributed by atoms with E-state index in [1.165, 1.54) is 0 Å². The maximum atomic E-state index is 12.0. The standard InChI is InChI=1S/C15H32N2O2S/c1-12(2)20(18,19)9-8-17-11-15(6,7)16-10-13(17)14(3,4)5/h12-13,16H,8-11H2,1-7H3. The first-order chi connectivity index (χ1) is 8.85. The van der Waals surface area contributed by atoms with E-state index in [0.717, 1.165) is 13.1 Å². The summed E-state index contributed by atoms with van der Waals surface area (Å²) in [5, 5.41) is 3.29. The van der Waals surface area contributed by atoms with Gasteiger partial charge in [-0.25, -0.2) is 8.42 Å². The summed E-state index contributed by atoms with van der Waals surface area (Å²) in [5.74, 6) is 0.257. The third-order valence-electron chi connectivity index (χ3n) is 4.19. The molecule has 1 unspecified atom stereocenters. The Morgan fingerprint density at radius 2 is 1.85 bits per heavy atom. The highest BCUT2D eigenvalue weighted by Gasteiger charge is 2.38. The number of hydrogen-bond donors (Lipinski definition) is 1. The lowest BCUT2D eigenvalue weighted by molar-refractivity contribution is 0.0381. The molecule has 1 rings (SSSR count). The average molecular weight is 305 g/mol. The summed E-state index contributed by atoms with van der Waals surface area (Å²) in [6.45, 7) is 17.0. The minimum atomic E-state index is -2.97. The normalized spacial score (nSPS) is 25.1. The highest BCUT2D eigenvalue weighted by atomic mass is 32.2. The van der Waals surface area contributed by atoms with E-state index in [-0.39, 0.29) is 22.0 Å². The Labute approximate surface area is 125 Å². The first kappa shape index (κ1) is 17.9. The van der Waals surface area contributed by atoms with Gasteiger partial charge in [0.15, 0.2) is 9.84 Å². The highest BCUT2D eigenvalue weighted by Crippen LogP contribution is 2.28. The second-order valence-corrected chi connectivity index (χ2v) is 10.7. The number of sulfone groups is 1. The third kappa shape index (κ3) is 4.71. The molecule has 0 aromatic heterocycles. The first-order valence-electron chi connectivity index (χ1n) is 7.56. The molecule has 0 amide bonds. The van der Waals surface area contributed by atoms with Crippen LogP contribution in [0, 0.1) is 5.41 Å². The molecule has 20 heavy (non-hydrogen) atoms. The van der Waals surface area contributed by atoms with Crippen molar-refractivity contribution < 1.29 is 8.42 Å². The van der Waals surface area contributed by atoms with E-state index in [2.05, 4.69) is 44.8 Å². The summed E-state index contributed by atoms with van der Waals surface area (Å²) in [6.07, 6.45) is 0. The first-order valence-corrected chi connectivity index (χ1v) is 9.27. The van der Waals surface area contributed by atoms with Gasteiger partial charge in [0.05, 0.1) is 11.0 Å². The monoisotopic (exact) mass is 304 g/mol. The van der Waals surface area contributed by atoms with Crippen molar-refractivity contribution in [2.75, 3.05) is 25.4 Å². The summed E-state index contributed by atoms with van der Waals surface area (Å²) in [6, 6.07) is 0.373. The van der Waals surface area contributed by atoms with Crippen LogP contribution in [0.5, 0.6) is 0 Å². The second kappa shape index (κ2) is 5.93. The Kier molecular flexibility index (Phi) is 5.32. The van der Waals surface area contributed by atoms with Gasteiger partial charge in [-0.15, -0.1) is 0 Å². The van der Waals surface area contributed by atoms with E-state index < -0.39 is 9.84 Å². The molecule has 1 aliphatic rings. The summed E-state index contributed by atoms with van der Waals surface area (Å²) in [7, 11) is -2.97. The van der Waals surface area contributed by atoms with Crippen molar-refractivity contribution in [3.05, 3.63) is 0 Å². The number of rotatable bonds is 4. The molecule has 0 spiro atoms. The molecular formula is C15H32N2O2S. The number of piperazine rings is 1. The second-order valence-electron chi connectivity index (χ2n) is 8.03. The van der Waals surface area contributed by atoms with E-state index in [9.17, 15) is 8.42 Å². The average Bonchev–Trinajstić information content (AvgIpc) is 2.23. The molecule has 5 heteroatoms. The molecule has 4 nitrogen and oxygen atoms in total. The SMILES string of the molecule is CC(C)S(=O)(=O)CCN1CC(C)(C)NCC1C(C)(C)C. The Hall–Kier alpha value is -0.130. The van der Waals surface area contributed by atoms with Gasteiger partial charge in [0.1, 0.15) is 0 Å². The van der Waals surface area contributed by atoms with Crippen molar-refractivity contribution in [3.8, 4) is 0 Å². The zero-order valence-electron chi connectivity index (χ0n) is 14.2. The lowest BCUT2D eigenvalue weighted by Crippen LogP contribution is -2.65. The summed E-state index contributed by atoms with van der Waals surface area (Å²) in [4.78, 5) is 2.36. The van der Waals surface area contributed by atoms with Crippen molar-refractivity contribution in [1.82, 2.24) is 10.2 Å². The lowest BCUT2D eigenvalue weighted by atomic mass is 9.82. The molecule has 1 saturated heterocycles. The fourth-order valence-electron chi connectivity index (χ4n) is 2.74. The van der Waals surface area contributed by atoms with Gasteiger partial charge in [0.25, 0.3) is 0 Å². The van der Waals surface area contributed by atoms with Gasteiger partial charge in [-0.05, 0) is 33.1 Å². The van der Waals surface area contributed by atoms with Crippen LogP contribution in [0.15, 0.2) is 0 Å². The van der Waals surface area contributed by atoms with Crippen LogP contribution in [0.25, 0.3) is 0 Å². The van der Waals surface area contributed by atoms with Gasteiger partial charge in [0.2, 0.25) is 0 Å². The van der Waals surface area contributed by atoms with Crippen LogP contribution in [0.2, 0.25) is 0 Å². The van der Waals surface area contributed by atoms with Crippen LogP contribution in [0.1, 0.15) is 48.5 Å². The van der Waals surface area contributed by atoms with Crippen molar-refractivity contribution >= 4 is 9.84 Å². The van der Waals surface area contributed by atoms with E-state index in [1.54, 1.807) is 13.8 Å². The van der Waals surface area contributed by atoms with Crippen molar-refractivity contribution in [2.24, 2.45) is 5.41 Å². The lowest BCUT2D eigenvalue weighted by Gasteiger charge is -2.49. The van der Waals surface area contributed by atoms with Crippen molar-refractivity contribution in [1.29, 1.82) is 0 Å². The van der Waals surface area contributed by atoms with Crippen LogP contribution in [-0.2, 0) is 9.84 Å². The van der Waals surface area contributed by atoms with Crippen molar-refractivity contribution in [2.45, 2.75) is 65.3 Å². The van der Waals surface area contributed by atoms with Gasteiger partial charge in [0, 0.05) is 31.2 Å². The Morgan fingerprint density at radius 3 is 2.30 bits per heavy atom. The predicted octanol–water partition coefficient (Wildman–Crippen LogP) is 1.91. The topological polar surface area (TPSA) is 49.4 Å². The van der Waals surface area contributed by atoms with Crippen LogP contribution in [0.4, 0.5) is 0 Å². The fraction of sp³-hybridized carbons (Fsp3) is 1.00. The molecule has 0 aromatic carbocycles. The van der Waals surface area contributed by atoms with Crippen molar-refractivity contribution in [3.63, 3.8) is 0 Å². The van der Waals surface area contributed by atoms with Gasteiger partial charge < -0.3 is 5.32 Å². The van der Waals surface area contributed by atoms with Crippen LogP contribution in [-0.4, -0.2) is 55.5 Å². The van der Waals surface area contributed by atoms with Crippen LogP contribution in [0.3, 0.4) is 0 Å². The molecule has 1 aliphatic heterocycles. The summed E-state index contributed by atoms with van der Waals surface area (Å²) < 4.78 is 24.1. The molecule has 1 heterocycles. The number of hydrogen-bond acceptors (Lipinski definition) is 4. The minimum Gasteiger partial charge on any atom is -0.309 e. The predicted molar refractivity (Wildman–Crippen MR) is 85.8 cm³/mol. The van der Waals surface area contributed by atoms with Gasteiger partial charge in [-0.3, -0.25) is 4.90 Å². The molecule has 1 fully saturated rings. The van der Waals surface area contributed by atoms with Crippen LogP contribution < -0.4 is 5.32 Å². The molecule has 0 saturated carbocycles. The molecule has 0 radical (unpaired) electrons. The molecule has 0 aliphatic carbocycles. The fourth-order valence-corrected chi connectivity index (χ4v) is 3.71. The van der Waals surface area contributed by atoms with Gasteiger partial charge in [-0.1, -0.05) is 20.8 Å². The molecule has 0 aromatic rings. The van der Waals surface area contributed by atoms with Gasteiger partial charge >= 0.3 is 0 Å². The number of nitrogens with one attached hydrogen (secondary N) is 1. The smallest absolute Gasteiger partial charge is 0.153 e. The van der Waals surface area contributed by atoms with E-state index in [0.29, 0.717) is 12.6 Å². The zero-order valence-corrected chi connectivity index (χ0v) is 15.0. The van der Waals surface area contributed by atoms with E-state index >= 15 is 0 Å². The quantitative estimate of drug-likeness (QED) is 0.862. The summed E-state index contributed by atoms with van der Waals surface area (Å²) in [5.41, 5.74) is 0.189. The highest BCUT2D eigenvalue weighted by molar-refractivity contribution is 7.92. The Morgan fingerprint density at radius 1 is 1.30 bits per heavy atom. The zero-order chi connectivity index (χ0) is 15.8. The minimum absolute atomic E-state index is 0.0450. The maximum Gasteiger partial charge on any atom is 0.153 e. The molecular weight excluding hydrogens is 272 g/mol. The molecule has 0 bridgehead atoms. The van der Waals surface area contributed by atoms with E-state index in [4.69, 9.17) is 0 Å². The molecule has 1 atom stereocenters. The molecule has 120 valence electrons. The van der Waals surface area contributed by atoms with Gasteiger partial charge in [-0.2, -0.15) is 0 Å². The molecule has 1 N–H and O–H groups in total.